The van der Waals surface area contributed by atoms with Gasteiger partial charge in [-0.3, -0.25) is 0 Å². The fourth-order valence-electron chi connectivity index (χ4n) is 2.27. The first-order valence-electron chi connectivity index (χ1n) is 5.64. The summed E-state index contributed by atoms with van der Waals surface area (Å²) < 4.78 is 0. The van der Waals surface area contributed by atoms with E-state index in [1.807, 2.05) is 42.3 Å². The molecular formula is C14H12N2O2. The highest BCUT2D eigenvalue weighted by molar-refractivity contribution is 6.03. The van der Waals surface area contributed by atoms with Gasteiger partial charge in [0.05, 0.1) is 28.3 Å². The van der Waals surface area contributed by atoms with Gasteiger partial charge in [-0.15, -0.1) is 0 Å². The van der Waals surface area contributed by atoms with Crippen molar-refractivity contribution in [2.45, 2.75) is 0 Å². The normalized spacial score (nSPS) is 12.4. The number of rotatable bonds is 1. The highest BCUT2D eigenvalue weighted by Crippen LogP contribution is 2.43. The molecule has 0 aromatic heterocycles. The van der Waals surface area contributed by atoms with E-state index < -0.39 is 5.97 Å². The summed E-state index contributed by atoms with van der Waals surface area (Å²) in [7, 11) is 1.93. The maximum atomic E-state index is 11.2. The van der Waals surface area contributed by atoms with Crippen LogP contribution in [0.3, 0.4) is 0 Å². The van der Waals surface area contributed by atoms with E-state index in [9.17, 15) is 9.90 Å². The second-order valence-electron chi connectivity index (χ2n) is 4.21. The van der Waals surface area contributed by atoms with Crippen molar-refractivity contribution in [3.8, 4) is 0 Å². The molecule has 1 aliphatic rings. The van der Waals surface area contributed by atoms with Gasteiger partial charge in [0.25, 0.3) is 0 Å². The standard InChI is InChI=1S/C14H12N2O2/c1-16-11-7-3-2-6-10(11)15-13-9(14(17)18)5-4-8-12(13)16/h2-8,15H,1H3,(H,17,18). The van der Waals surface area contributed by atoms with Crippen molar-refractivity contribution in [3.63, 3.8) is 0 Å². The molecule has 0 amide bonds. The largest absolute Gasteiger partial charge is 0.478 e. The number of nitrogens with one attached hydrogen (secondary N) is 1. The highest BCUT2D eigenvalue weighted by atomic mass is 16.4. The summed E-state index contributed by atoms with van der Waals surface area (Å²) in [5, 5.41) is 12.4. The lowest BCUT2D eigenvalue weighted by molar-refractivity contribution is 0.0698. The Balaban J connectivity index is 2.22. The van der Waals surface area contributed by atoms with Crippen molar-refractivity contribution in [1.29, 1.82) is 0 Å². The second kappa shape index (κ2) is 3.77. The molecule has 0 radical (unpaired) electrons. The smallest absolute Gasteiger partial charge is 0.337 e. The minimum atomic E-state index is -0.924. The third-order valence-electron chi connectivity index (χ3n) is 3.16. The Morgan fingerprint density at radius 1 is 1.11 bits per heavy atom. The summed E-state index contributed by atoms with van der Waals surface area (Å²) in [5.74, 6) is -0.924. The van der Waals surface area contributed by atoms with Crippen LogP contribution < -0.4 is 10.2 Å². The minimum absolute atomic E-state index is 0.286. The van der Waals surface area contributed by atoms with Gasteiger partial charge in [-0.25, -0.2) is 4.79 Å². The lowest BCUT2D eigenvalue weighted by atomic mass is 10.1. The molecule has 0 aliphatic carbocycles. The van der Waals surface area contributed by atoms with Crippen molar-refractivity contribution < 1.29 is 9.90 Å². The van der Waals surface area contributed by atoms with Crippen molar-refractivity contribution in [2.24, 2.45) is 0 Å². The van der Waals surface area contributed by atoms with Crippen LogP contribution in [0.2, 0.25) is 0 Å². The van der Waals surface area contributed by atoms with Gasteiger partial charge in [-0.2, -0.15) is 0 Å². The lowest BCUT2D eigenvalue weighted by Gasteiger charge is -2.31. The number of para-hydroxylation sites is 3. The van der Waals surface area contributed by atoms with Crippen LogP contribution in [0.15, 0.2) is 42.5 Å². The molecule has 1 heterocycles. The van der Waals surface area contributed by atoms with Gasteiger partial charge in [0.2, 0.25) is 0 Å². The number of hydrogen-bond donors (Lipinski definition) is 2. The Kier molecular flexibility index (Phi) is 2.23. The van der Waals surface area contributed by atoms with Crippen LogP contribution >= 0.6 is 0 Å². The molecule has 2 aromatic carbocycles. The summed E-state index contributed by atoms with van der Waals surface area (Å²) in [4.78, 5) is 13.2. The topological polar surface area (TPSA) is 52.6 Å². The molecule has 90 valence electrons. The molecule has 0 atom stereocenters. The molecule has 18 heavy (non-hydrogen) atoms. The van der Waals surface area contributed by atoms with Crippen molar-refractivity contribution in [3.05, 3.63) is 48.0 Å². The van der Waals surface area contributed by atoms with E-state index in [4.69, 9.17) is 0 Å². The van der Waals surface area contributed by atoms with Crippen LogP contribution in [0.1, 0.15) is 10.4 Å². The zero-order valence-corrected chi connectivity index (χ0v) is 9.84. The fourth-order valence-corrected chi connectivity index (χ4v) is 2.27. The van der Waals surface area contributed by atoms with Crippen LogP contribution in [0, 0.1) is 0 Å². The first-order chi connectivity index (χ1) is 8.68. The van der Waals surface area contributed by atoms with Gasteiger partial charge in [-0.1, -0.05) is 18.2 Å². The summed E-state index contributed by atoms with van der Waals surface area (Å²) in [6.45, 7) is 0. The molecule has 2 N–H and O–H groups in total. The molecule has 0 fully saturated rings. The number of carbonyl (C=O) groups is 1. The molecular weight excluding hydrogens is 228 g/mol. The zero-order valence-electron chi connectivity index (χ0n) is 9.84. The molecule has 2 aromatic rings. The minimum Gasteiger partial charge on any atom is -0.478 e. The summed E-state index contributed by atoms with van der Waals surface area (Å²) >= 11 is 0. The van der Waals surface area contributed by atoms with Crippen molar-refractivity contribution in [2.75, 3.05) is 17.3 Å². The van der Waals surface area contributed by atoms with E-state index in [1.54, 1.807) is 12.1 Å². The predicted octanol–water partition coefficient (Wildman–Crippen LogP) is 3.21. The van der Waals surface area contributed by atoms with Gasteiger partial charge >= 0.3 is 5.97 Å². The van der Waals surface area contributed by atoms with E-state index in [2.05, 4.69) is 5.32 Å². The summed E-state index contributed by atoms with van der Waals surface area (Å²) in [5.41, 5.74) is 3.75. The molecule has 4 nitrogen and oxygen atoms in total. The van der Waals surface area contributed by atoms with Crippen LogP contribution in [0.5, 0.6) is 0 Å². The molecule has 3 rings (SSSR count). The number of nitrogens with zero attached hydrogens (tertiary/aromatic N) is 1. The Bertz CT molecular complexity index is 637. The molecule has 0 saturated heterocycles. The van der Waals surface area contributed by atoms with Crippen molar-refractivity contribution >= 4 is 28.7 Å². The van der Waals surface area contributed by atoms with Crippen molar-refractivity contribution in [1.82, 2.24) is 0 Å². The summed E-state index contributed by atoms with van der Waals surface area (Å²) in [6, 6.07) is 13.1. The van der Waals surface area contributed by atoms with Crippen LogP contribution in [-0.2, 0) is 0 Å². The highest BCUT2D eigenvalue weighted by Gasteiger charge is 2.23. The van der Waals surface area contributed by atoms with Crippen LogP contribution in [0.25, 0.3) is 0 Å². The maximum absolute atomic E-state index is 11.2. The molecule has 4 heteroatoms. The van der Waals surface area contributed by atoms with Crippen LogP contribution in [0.4, 0.5) is 22.7 Å². The number of carboxylic acid groups (broad SMARTS) is 1. The molecule has 0 unspecified atom stereocenters. The molecule has 0 saturated carbocycles. The van der Waals surface area contributed by atoms with E-state index in [-0.39, 0.29) is 5.56 Å². The lowest BCUT2D eigenvalue weighted by Crippen LogP contribution is -2.19. The van der Waals surface area contributed by atoms with Gasteiger partial charge in [-0.05, 0) is 24.3 Å². The first-order valence-corrected chi connectivity index (χ1v) is 5.64. The molecule has 0 bridgehead atoms. The van der Waals surface area contributed by atoms with E-state index in [1.165, 1.54) is 0 Å². The number of hydrogen-bond acceptors (Lipinski definition) is 3. The Morgan fingerprint density at radius 3 is 2.61 bits per heavy atom. The average molecular weight is 240 g/mol. The Morgan fingerprint density at radius 2 is 1.83 bits per heavy atom. The van der Waals surface area contributed by atoms with Crippen LogP contribution in [-0.4, -0.2) is 18.1 Å². The van der Waals surface area contributed by atoms with E-state index in [0.29, 0.717) is 5.69 Å². The number of carboxylic acids is 1. The first kappa shape index (κ1) is 10.7. The molecule has 1 aliphatic heterocycles. The maximum Gasteiger partial charge on any atom is 0.337 e. The van der Waals surface area contributed by atoms with E-state index >= 15 is 0 Å². The fraction of sp³-hybridized carbons (Fsp3) is 0.0714. The van der Waals surface area contributed by atoms with Gasteiger partial charge in [0.15, 0.2) is 0 Å². The quantitative estimate of drug-likeness (QED) is 0.803. The average Bonchev–Trinajstić information content (AvgIpc) is 2.38. The third kappa shape index (κ3) is 1.43. The van der Waals surface area contributed by atoms with Gasteiger partial charge in [0, 0.05) is 7.05 Å². The molecule has 0 spiro atoms. The summed E-state index contributed by atoms with van der Waals surface area (Å²) in [6.07, 6.45) is 0. The van der Waals surface area contributed by atoms with Gasteiger partial charge < -0.3 is 15.3 Å². The Hall–Kier alpha value is -2.49. The van der Waals surface area contributed by atoms with E-state index in [0.717, 1.165) is 17.1 Å². The second-order valence-corrected chi connectivity index (χ2v) is 4.21. The van der Waals surface area contributed by atoms with Gasteiger partial charge in [0.1, 0.15) is 0 Å². The number of aromatic carboxylic acids is 1. The SMILES string of the molecule is CN1c2ccccc2Nc2c(C(=O)O)cccc21. The number of anilines is 4. The third-order valence-corrected chi connectivity index (χ3v) is 3.16. The number of fused-ring (bicyclic) bond motifs is 2. The predicted molar refractivity (Wildman–Crippen MR) is 71.2 cm³/mol. The number of benzene rings is 2. The zero-order chi connectivity index (χ0) is 12.7. The monoisotopic (exact) mass is 240 g/mol. The Labute approximate surface area is 104 Å².